The number of morpholine rings is 1. The molecule has 1 heterocycles. The maximum absolute atomic E-state index is 5.64. The highest BCUT2D eigenvalue weighted by Crippen LogP contribution is 2.12. The van der Waals surface area contributed by atoms with E-state index in [0.717, 1.165) is 58.1 Å². The van der Waals surface area contributed by atoms with Crippen molar-refractivity contribution in [3.8, 4) is 0 Å². The average molecular weight is 395 g/mol. The van der Waals surface area contributed by atoms with Gasteiger partial charge in [-0.1, -0.05) is 54.6 Å². The van der Waals surface area contributed by atoms with Crippen LogP contribution in [0.5, 0.6) is 0 Å². The molecule has 1 saturated heterocycles. The zero-order valence-corrected chi connectivity index (χ0v) is 17.7. The standard InChI is InChI=1S/C24H34N4O/c1-20-18-28(14-15-29-20)19-23-11-6-10-22(16-23)17-27-24(25-2)26-13-7-12-21-8-4-3-5-9-21/h3-6,8-11,16,20H,7,12-15,17-19H2,1-2H3,(H2,25,26,27). The SMILES string of the molecule is CN=C(NCCCc1ccccc1)NCc1cccc(CN2CCOC(C)C2)c1. The van der Waals surface area contributed by atoms with Crippen molar-refractivity contribution in [1.29, 1.82) is 0 Å². The van der Waals surface area contributed by atoms with Crippen LogP contribution in [0, 0.1) is 0 Å². The molecule has 2 aromatic carbocycles. The van der Waals surface area contributed by atoms with Crippen LogP contribution in [-0.2, 0) is 24.2 Å². The van der Waals surface area contributed by atoms with Crippen LogP contribution in [0.1, 0.15) is 30.0 Å². The molecule has 29 heavy (non-hydrogen) atoms. The number of hydrogen-bond donors (Lipinski definition) is 2. The monoisotopic (exact) mass is 394 g/mol. The molecule has 1 aliphatic heterocycles. The second kappa shape index (κ2) is 11.6. The second-order valence-electron chi connectivity index (χ2n) is 7.68. The molecule has 2 N–H and O–H groups in total. The van der Waals surface area contributed by atoms with E-state index in [1.165, 1.54) is 16.7 Å². The third-order valence-electron chi connectivity index (χ3n) is 5.18. The number of ether oxygens (including phenoxy) is 1. The normalized spacial score (nSPS) is 17.9. The summed E-state index contributed by atoms with van der Waals surface area (Å²) in [5.41, 5.74) is 4.00. The summed E-state index contributed by atoms with van der Waals surface area (Å²) in [5, 5.41) is 6.84. The summed E-state index contributed by atoms with van der Waals surface area (Å²) in [6, 6.07) is 19.4. The van der Waals surface area contributed by atoms with Gasteiger partial charge in [-0.05, 0) is 36.5 Å². The van der Waals surface area contributed by atoms with Crippen LogP contribution in [0.4, 0.5) is 0 Å². The van der Waals surface area contributed by atoms with Gasteiger partial charge in [0.15, 0.2) is 5.96 Å². The third-order valence-corrected chi connectivity index (χ3v) is 5.18. The van der Waals surface area contributed by atoms with E-state index >= 15 is 0 Å². The first kappa shape index (κ1) is 21.3. The highest BCUT2D eigenvalue weighted by Gasteiger charge is 2.16. The molecule has 5 nitrogen and oxygen atoms in total. The zero-order valence-electron chi connectivity index (χ0n) is 17.7. The Labute approximate surface area is 175 Å². The molecule has 1 unspecified atom stereocenters. The van der Waals surface area contributed by atoms with Crippen LogP contribution in [0.2, 0.25) is 0 Å². The van der Waals surface area contributed by atoms with Crippen molar-refractivity contribution in [3.63, 3.8) is 0 Å². The predicted octanol–water partition coefficient (Wildman–Crippen LogP) is 3.21. The fraction of sp³-hybridized carbons (Fsp3) is 0.458. The van der Waals surface area contributed by atoms with Gasteiger partial charge in [-0.3, -0.25) is 9.89 Å². The van der Waals surface area contributed by atoms with Gasteiger partial charge in [-0.25, -0.2) is 0 Å². The summed E-state index contributed by atoms with van der Waals surface area (Å²) in [6.07, 6.45) is 2.48. The minimum Gasteiger partial charge on any atom is -0.376 e. The van der Waals surface area contributed by atoms with E-state index in [9.17, 15) is 0 Å². The van der Waals surface area contributed by atoms with Gasteiger partial charge in [0, 0.05) is 39.8 Å². The fourth-order valence-electron chi connectivity index (χ4n) is 3.68. The summed E-state index contributed by atoms with van der Waals surface area (Å²) in [5.74, 6) is 0.852. The molecule has 0 aromatic heterocycles. The number of guanidine groups is 1. The zero-order chi connectivity index (χ0) is 20.3. The molecule has 0 spiro atoms. The highest BCUT2D eigenvalue weighted by atomic mass is 16.5. The number of nitrogens with one attached hydrogen (secondary N) is 2. The van der Waals surface area contributed by atoms with Gasteiger partial charge < -0.3 is 15.4 Å². The van der Waals surface area contributed by atoms with Crippen LogP contribution in [0.3, 0.4) is 0 Å². The quantitative estimate of drug-likeness (QED) is 0.410. The van der Waals surface area contributed by atoms with E-state index in [1.807, 2.05) is 7.05 Å². The summed E-state index contributed by atoms with van der Waals surface area (Å²) in [4.78, 5) is 6.81. The van der Waals surface area contributed by atoms with Crippen LogP contribution >= 0.6 is 0 Å². The van der Waals surface area contributed by atoms with Crippen molar-refractivity contribution >= 4 is 5.96 Å². The molecular weight excluding hydrogens is 360 g/mol. The first-order valence-corrected chi connectivity index (χ1v) is 10.6. The molecule has 156 valence electrons. The summed E-state index contributed by atoms with van der Waals surface area (Å²) in [6.45, 7) is 7.64. The minimum atomic E-state index is 0.324. The first-order chi connectivity index (χ1) is 14.2. The number of rotatable bonds is 8. The van der Waals surface area contributed by atoms with Gasteiger partial charge in [0.2, 0.25) is 0 Å². The molecule has 0 radical (unpaired) electrons. The van der Waals surface area contributed by atoms with Crippen molar-refractivity contribution in [2.24, 2.45) is 4.99 Å². The lowest BCUT2D eigenvalue weighted by Gasteiger charge is -2.31. The molecular formula is C24H34N4O. The van der Waals surface area contributed by atoms with Crippen molar-refractivity contribution in [2.75, 3.05) is 33.3 Å². The molecule has 0 aliphatic carbocycles. The maximum Gasteiger partial charge on any atom is 0.191 e. The van der Waals surface area contributed by atoms with E-state index in [1.54, 1.807) is 0 Å². The Morgan fingerprint density at radius 3 is 2.66 bits per heavy atom. The molecule has 1 fully saturated rings. The second-order valence-corrected chi connectivity index (χ2v) is 7.68. The van der Waals surface area contributed by atoms with Crippen LogP contribution in [-0.4, -0.2) is 50.3 Å². The predicted molar refractivity (Wildman–Crippen MR) is 120 cm³/mol. The van der Waals surface area contributed by atoms with Gasteiger partial charge in [0.05, 0.1) is 12.7 Å². The van der Waals surface area contributed by atoms with Crippen LogP contribution in [0.25, 0.3) is 0 Å². The van der Waals surface area contributed by atoms with Gasteiger partial charge in [0.1, 0.15) is 0 Å². The Kier molecular flexibility index (Phi) is 8.53. The summed E-state index contributed by atoms with van der Waals surface area (Å²) >= 11 is 0. The fourth-order valence-corrected chi connectivity index (χ4v) is 3.68. The number of benzene rings is 2. The van der Waals surface area contributed by atoms with Crippen molar-refractivity contribution in [2.45, 2.75) is 39.0 Å². The van der Waals surface area contributed by atoms with Crippen molar-refractivity contribution in [3.05, 3.63) is 71.3 Å². The Morgan fingerprint density at radius 2 is 1.86 bits per heavy atom. The first-order valence-electron chi connectivity index (χ1n) is 10.6. The summed E-state index contributed by atoms with van der Waals surface area (Å²) in [7, 11) is 1.82. The number of nitrogens with zero attached hydrogens (tertiary/aromatic N) is 2. The lowest BCUT2D eigenvalue weighted by atomic mass is 10.1. The van der Waals surface area contributed by atoms with E-state index < -0.39 is 0 Å². The number of aliphatic imine (C=N–C) groups is 1. The van der Waals surface area contributed by atoms with E-state index in [-0.39, 0.29) is 0 Å². The van der Waals surface area contributed by atoms with Gasteiger partial charge in [0.25, 0.3) is 0 Å². The minimum absolute atomic E-state index is 0.324. The molecule has 2 aromatic rings. The van der Waals surface area contributed by atoms with Gasteiger partial charge in [-0.15, -0.1) is 0 Å². The molecule has 1 atom stereocenters. The van der Waals surface area contributed by atoms with Crippen molar-refractivity contribution in [1.82, 2.24) is 15.5 Å². The largest absolute Gasteiger partial charge is 0.376 e. The highest BCUT2D eigenvalue weighted by molar-refractivity contribution is 5.79. The Balaban J connectivity index is 1.40. The Bertz CT molecular complexity index is 762. The molecule has 0 bridgehead atoms. The lowest BCUT2D eigenvalue weighted by molar-refractivity contribution is -0.0212. The lowest BCUT2D eigenvalue weighted by Crippen LogP contribution is -2.40. The Morgan fingerprint density at radius 1 is 1.07 bits per heavy atom. The average Bonchev–Trinajstić information content (AvgIpc) is 2.74. The van der Waals surface area contributed by atoms with Gasteiger partial charge in [-0.2, -0.15) is 0 Å². The van der Waals surface area contributed by atoms with E-state index in [4.69, 9.17) is 4.74 Å². The molecule has 0 saturated carbocycles. The van der Waals surface area contributed by atoms with Crippen LogP contribution < -0.4 is 10.6 Å². The smallest absolute Gasteiger partial charge is 0.191 e. The maximum atomic E-state index is 5.64. The van der Waals surface area contributed by atoms with Gasteiger partial charge >= 0.3 is 0 Å². The Hall–Kier alpha value is -2.37. The van der Waals surface area contributed by atoms with Crippen molar-refractivity contribution < 1.29 is 4.74 Å². The molecule has 3 rings (SSSR count). The van der Waals surface area contributed by atoms with Crippen LogP contribution in [0.15, 0.2) is 59.6 Å². The van der Waals surface area contributed by atoms with E-state index in [2.05, 4.69) is 82.0 Å². The number of hydrogen-bond acceptors (Lipinski definition) is 3. The third kappa shape index (κ3) is 7.52. The molecule has 0 amide bonds. The van der Waals surface area contributed by atoms with E-state index in [0.29, 0.717) is 6.10 Å². The topological polar surface area (TPSA) is 48.9 Å². The number of aryl methyl sites for hydroxylation is 1. The molecule has 1 aliphatic rings. The summed E-state index contributed by atoms with van der Waals surface area (Å²) < 4.78 is 5.64. The molecule has 5 heteroatoms.